The lowest BCUT2D eigenvalue weighted by Gasteiger charge is -2.02. The van der Waals surface area contributed by atoms with Gasteiger partial charge < -0.3 is 5.73 Å². The highest BCUT2D eigenvalue weighted by Gasteiger charge is 2.11. The number of benzene rings is 1. The smallest absolute Gasteiger partial charge is 0.125 e. The number of nitrogen functional groups attached to an aromatic ring is 1. The second kappa shape index (κ2) is 5.42. The molecule has 0 atom stereocenters. The van der Waals surface area contributed by atoms with Crippen molar-refractivity contribution in [3.05, 3.63) is 57.5 Å². The van der Waals surface area contributed by atoms with E-state index in [0.29, 0.717) is 5.69 Å². The summed E-state index contributed by atoms with van der Waals surface area (Å²) in [7, 11) is 0. The summed E-state index contributed by atoms with van der Waals surface area (Å²) in [6.45, 7) is 2.82. The molecule has 0 saturated carbocycles. The third-order valence-corrected chi connectivity index (χ3v) is 4.69. The van der Waals surface area contributed by atoms with Gasteiger partial charge in [0.15, 0.2) is 0 Å². The molecular formula is C15H14BrN3S. The minimum absolute atomic E-state index is 0.714. The van der Waals surface area contributed by atoms with E-state index < -0.39 is 0 Å². The van der Waals surface area contributed by atoms with Crippen LogP contribution >= 0.6 is 27.3 Å². The van der Waals surface area contributed by atoms with Crippen molar-refractivity contribution in [2.75, 3.05) is 5.73 Å². The number of aryl methyl sites for hydroxylation is 1. The van der Waals surface area contributed by atoms with Gasteiger partial charge in [0.05, 0.1) is 20.9 Å². The zero-order valence-corrected chi connectivity index (χ0v) is 13.4. The molecule has 3 aromatic rings. The Morgan fingerprint density at radius 2 is 1.95 bits per heavy atom. The normalized spacial score (nSPS) is 10.9. The van der Waals surface area contributed by atoms with Crippen molar-refractivity contribution < 1.29 is 0 Å². The van der Waals surface area contributed by atoms with Crippen LogP contribution in [-0.4, -0.2) is 9.78 Å². The Hall–Kier alpha value is -1.59. The van der Waals surface area contributed by atoms with E-state index in [0.717, 1.165) is 20.9 Å². The Kier molecular flexibility index (Phi) is 3.63. The van der Waals surface area contributed by atoms with Gasteiger partial charge in [0, 0.05) is 6.20 Å². The lowest BCUT2D eigenvalue weighted by atomic mass is 10.1. The molecule has 0 aliphatic rings. The quantitative estimate of drug-likeness (QED) is 0.766. The van der Waals surface area contributed by atoms with E-state index in [1.807, 2.05) is 23.0 Å². The van der Waals surface area contributed by atoms with Crippen molar-refractivity contribution >= 4 is 33.0 Å². The van der Waals surface area contributed by atoms with Crippen molar-refractivity contribution in [3.8, 4) is 10.6 Å². The molecular weight excluding hydrogens is 334 g/mol. The van der Waals surface area contributed by atoms with Crippen molar-refractivity contribution in [3.63, 3.8) is 0 Å². The Morgan fingerprint density at radius 1 is 1.20 bits per heavy atom. The molecule has 0 aliphatic heterocycles. The maximum absolute atomic E-state index is 6.07. The Balaban J connectivity index is 1.87. The predicted octanol–water partition coefficient (Wildman–Crippen LogP) is 4.31. The van der Waals surface area contributed by atoms with E-state index in [1.165, 1.54) is 11.1 Å². The highest BCUT2D eigenvalue weighted by molar-refractivity contribution is 9.11. The summed E-state index contributed by atoms with van der Waals surface area (Å²) in [6, 6.07) is 12.5. The summed E-state index contributed by atoms with van der Waals surface area (Å²) in [6.07, 6.45) is 1.89. The molecule has 0 unspecified atom stereocenters. The van der Waals surface area contributed by atoms with Crippen LogP contribution in [0.5, 0.6) is 0 Å². The zero-order chi connectivity index (χ0) is 14.1. The molecule has 0 aliphatic carbocycles. The molecule has 3 nitrogen and oxygen atoms in total. The molecule has 20 heavy (non-hydrogen) atoms. The van der Waals surface area contributed by atoms with Crippen molar-refractivity contribution in [1.29, 1.82) is 0 Å². The van der Waals surface area contributed by atoms with Gasteiger partial charge in [0.25, 0.3) is 0 Å². The van der Waals surface area contributed by atoms with Gasteiger partial charge in [-0.2, -0.15) is 5.10 Å². The summed E-state index contributed by atoms with van der Waals surface area (Å²) in [5.74, 6) is 0. The topological polar surface area (TPSA) is 43.8 Å². The molecule has 0 saturated heterocycles. The van der Waals surface area contributed by atoms with Gasteiger partial charge in [-0.05, 0) is 40.5 Å². The average molecular weight is 348 g/mol. The Labute approximate surface area is 130 Å². The van der Waals surface area contributed by atoms with Crippen molar-refractivity contribution in [2.24, 2.45) is 0 Å². The number of hydrogen-bond acceptors (Lipinski definition) is 3. The first-order valence-corrected chi connectivity index (χ1v) is 7.87. The van der Waals surface area contributed by atoms with Gasteiger partial charge in [-0.25, -0.2) is 0 Å². The maximum atomic E-state index is 6.07. The lowest BCUT2D eigenvalue weighted by molar-refractivity contribution is 0.690. The highest BCUT2D eigenvalue weighted by atomic mass is 79.9. The third-order valence-electron chi connectivity index (χ3n) is 3.06. The second-order valence-corrected chi connectivity index (χ2v) is 7.18. The number of nitrogens with two attached hydrogens (primary N) is 1. The number of halogens is 1. The average Bonchev–Trinajstić information content (AvgIpc) is 2.98. The van der Waals surface area contributed by atoms with Crippen LogP contribution in [0.2, 0.25) is 0 Å². The summed E-state index contributed by atoms with van der Waals surface area (Å²) in [5, 5.41) is 4.59. The van der Waals surface area contributed by atoms with Crippen LogP contribution in [0.15, 0.2) is 46.4 Å². The molecule has 2 heterocycles. The number of anilines is 1. The van der Waals surface area contributed by atoms with Crippen LogP contribution in [-0.2, 0) is 6.54 Å². The molecule has 0 spiro atoms. The SMILES string of the molecule is Cc1ccc(Cn2cc(N)c(-c3ccc(Br)s3)n2)cc1. The van der Waals surface area contributed by atoms with E-state index in [2.05, 4.69) is 52.2 Å². The van der Waals surface area contributed by atoms with Crippen LogP contribution in [0.3, 0.4) is 0 Å². The molecule has 1 aromatic carbocycles. The molecule has 2 N–H and O–H groups in total. The van der Waals surface area contributed by atoms with Crippen molar-refractivity contribution in [1.82, 2.24) is 9.78 Å². The summed E-state index contributed by atoms with van der Waals surface area (Å²) in [5.41, 5.74) is 10.1. The summed E-state index contributed by atoms with van der Waals surface area (Å²) in [4.78, 5) is 1.08. The summed E-state index contributed by atoms with van der Waals surface area (Å²) < 4.78 is 2.98. The van der Waals surface area contributed by atoms with Crippen LogP contribution in [0.1, 0.15) is 11.1 Å². The first-order valence-electron chi connectivity index (χ1n) is 6.26. The van der Waals surface area contributed by atoms with Crippen LogP contribution in [0, 0.1) is 6.92 Å². The molecule has 0 fully saturated rings. The molecule has 2 aromatic heterocycles. The van der Waals surface area contributed by atoms with Crippen molar-refractivity contribution in [2.45, 2.75) is 13.5 Å². The van der Waals surface area contributed by atoms with E-state index >= 15 is 0 Å². The largest absolute Gasteiger partial charge is 0.396 e. The predicted molar refractivity (Wildman–Crippen MR) is 87.9 cm³/mol. The molecule has 0 radical (unpaired) electrons. The fraction of sp³-hybridized carbons (Fsp3) is 0.133. The van der Waals surface area contributed by atoms with Gasteiger partial charge in [-0.3, -0.25) is 4.68 Å². The summed E-state index contributed by atoms with van der Waals surface area (Å²) >= 11 is 5.10. The third kappa shape index (κ3) is 2.78. The number of thiophene rings is 1. The highest BCUT2D eigenvalue weighted by Crippen LogP contribution is 2.33. The monoisotopic (exact) mass is 347 g/mol. The lowest BCUT2D eigenvalue weighted by Crippen LogP contribution is -2.00. The minimum atomic E-state index is 0.714. The number of rotatable bonds is 3. The van der Waals surface area contributed by atoms with Gasteiger partial charge in [0.1, 0.15) is 5.69 Å². The minimum Gasteiger partial charge on any atom is -0.396 e. The first kappa shape index (κ1) is 13.4. The molecule has 5 heteroatoms. The second-order valence-electron chi connectivity index (χ2n) is 4.72. The van der Waals surface area contributed by atoms with Crippen LogP contribution < -0.4 is 5.73 Å². The van der Waals surface area contributed by atoms with E-state index in [9.17, 15) is 0 Å². The van der Waals surface area contributed by atoms with Gasteiger partial charge >= 0.3 is 0 Å². The Morgan fingerprint density at radius 3 is 2.60 bits per heavy atom. The fourth-order valence-corrected chi connectivity index (χ4v) is 3.42. The standard InChI is InChI=1S/C15H14BrN3S/c1-10-2-4-11(5-3-10)8-19-9-12(17)15(18-19)13-6-7-14(16)20-13/h2-7,9H,8,17H2,1H3. The van der Waals surface area contributed by atoms with Crippen LogP contribution in [0.4, 0.5) is 5.69 Å². The van der Waals surface area contributed by atoms with E-state index in [-0.39, 0.29) is 0 Å². The zero-order valence-electron chi connectivity index (χ0n) is 11.0. The van der Waals surface area contributed by atoms with E-state index in [4.69, 9.17) is 5.73 Å². The molecule has 3 rings (SSSR count). The number of nitrogens with zero attached hydrogens (tertiary/aromatic N) is 2. The van der Waals surface area contributed by atoms with Gasteiger partial charge in [-0.1, -0.05) is 29.8 Å². The molecule has 102 valence electrons. The van der Waals surface area contributed by atoms with Gasteiger partial charge in [0.2, 0.25) is 0 Å². The van der Waals surface area contributed by atoms with E-state index in [1.54, 1.807) is 11.3 Å². The fourth-order valence-electron chi connectivity index (χ4n) is 2.03. The number of hydrogen-bond donors (Lipinski definition) is 1. The molecule has 0 bridgehead atoms. The molecule has 0 amide bonds. The maximum Gasteiger partial charge on any atom is 0.125 e. The number of aromatic nitrogens is 2. The van der Waals surface area contributed by atoms with Crippen LogP contribution in [0.25, 0.3) is 10.6 Å². The van der Waals surface area contributed by atoms with Gasteiger partial charge in [-0.15, -0.1) is 11.3 Å². The first-order chi connectivity index (χ1) is 9.61. The Bertz CT molecular complexity index is 728.